The Balaban J connectivity index is 2.24. The minimum Gasteiger partial charge on any atom is -0.345 e. The van der Waals surface area contributed by atoms with E-state index in [0.29, 0.717) is 0 Å². The number of allylic oxidation sites excluding steroid dienone is 1. The summed E-state index contributed by atoms with van der Waals surface area (Å²) in [5.41, 5.74) is 5.55. The first kappa shape index (κ1) is 16.1. The van der Waals surface area contributed by atoms with Crippen LogP contribution in [-0.4, -0.2) is 11.5 Å². The van der Waals surface area contributed by atoms with Gasteiger partial charge in [-0.25, -0.2) is 4.98 Å². The second-order valence-corrected chi connectivity index (χ2v) is 5.46. The van der Waals surface area contributed by atoms with Crippen LogP contribution in [0.15, 0.2) is 48.7 Å². The summed E-state index contributed by atoms with van der Waals surface area (Å²) in [6.45, 7) is 13.4. The van der Waals surface area contributed by atoms with Crippen LogP contribution < -0.4 is 10.2 Å². The maximum atomic E-state index is 4.69. The molecule has 116 valence electrons. The molecule has 1 heterocycles. The summed E-state index contributed by atoms with van der Waals surface area (Å²) in [7, 11) is 0. The van der Waals surface area contributed by atoms with Gasteiger partial charge in [0.1, 0.15) is 5.82 Å². The van der Waals surface area contributed by atoms with Crippen molar-refractivity contribution in [2.75, 3.05) is 16.8 Å². The van der Waals surface area contributed by atoms with Gasteiger partial charge in [-0.1, -0.05) is 25.6 Å². The van der Waals surface area contributed by atoms with E-state index in [1.807, 2.05) is 19.1 Å². The third-order valence-electron chi connectivity index (χ3n) is 3.75. The lowest BCUT2D eigenvalue weighted by atomic mass is 10.2. The van der Waals surface area contributed by atoms with Crippen LogP contribution in [0.2, 0.25) is 0 Å². The molecule has 0 aliphatic carbocycles. The van der Waals surface area contributed by atoms with Gasteiger partial charge < -0.3 is 10.2 Å². The van der Waals surface area contributed by atoms with Gasteiger partial charge in [-0.05, 0) is 57.0 Å². The van der Waals surface area contributed by atoms with E-state index in [2.05, 4.69) is 66.8 Å². The van der Waals surface area contributed by atoms with E-state index in [9.17, 15) is 0 Å². The van der Waals surface area contributed by atoms with Crippen molar-refractivity contribution < 1.29 is 0 Å². The number of rotatable bonds is 6. The summed E-state index contributed by atoms with van der Waals surface area (Å²) in [6, 6.07) is 12.4. The Morgan fingerprint density at radius 3 is 2.55 bits per heavy atom. The summed E-state index contributed by atoms with van der Waals surface area (Å²) in [4.78, 5) is 6.91. The Kier molecular flexibility index (Phi) is 5.21. The van der Waals surface area contributed by atoms with Crippen LogP contribution in [0.1, 0.15) is 31.5 Å². The van der Waals surface area contributed by atoms with Crippen LogP contribution in [0.3, 0.4) is 0 Å². The number of nitrogens with one attached hydrogen (secondary N) is 1. The highest BCUT2D eigenvalue weighted by molar-refractivity contribution is 5.62. The highest BCUT2D eigenvalue weighted by atomic mass is 15.1. The number of pyridine rings is 1. The van der Waals surface area contributed by atoms with Crippen molar-refractivity contribution in [3.8, 4) is 0 Å². The van der Waals surface area contributed by atoms with Gasteiger partial charge in [-0.2, -0.15) is 0 Å². The molecule has 0 amide bonds. The zero-order valence-electron chi connectivity index (χ0n) is 14.0. The molecule has 0 aliphatic rings. The number of aromatic nitrogens is 1. The molecule has 2 rings (SSSR count). The van der Waals surface area contributed by atoms with E-state index in [4.69, 9.17) is 0 Å². The molecular formula is C19H25N3. The van der Waals surface area contributed by atoms with Crippen LogP contribution in [0.4, 0.5) is 17.2 Å². The highest BCUT2D eigenvalue weighted by Crippen LogP contribution is 2.25. The van der Waals surface area contributed by atoms with Gasteiger partial charge in [0.25, 0.3) is 0 Å². The van der Waals surface area contributed by atoms with Crippen molar-refractivity contribution in [1.29, 1.82) is 0 Å². The van der Waals surface area contributed by atoms with Crippen molar-refractivity contribution in [3.05, 3.63) is 59.9 Å². The van der Waals surface area contributed by atoms with Gasteiger partial charge in [-0.15, -0.1) is 0 Å². The minimum absolute atomic E-state index is 0.866. The third-order valence-corrected chi connectivity index (χ3v) is 3.75. The van der Waals surface area contributed by atoms with E-state index < -0.39 is 0 Å². The zero-order chi connectivity index (χ0) is 16.1. The Labute approximate surface area is 133 Å². The molecule has 3 nitrogen and oxygen atoms in total. The average Bonchev–Trinajstić information content (AvgIpc) is 2.49. The second kappa shape index (κ2) is 7.12. The Morgan fingerprint density at radius 1 is 1.18 bits per heavy atom. The molecule has 0 bridgehead atoms. The van der Waals surface area contributed by atoms with Crippen LogP contribution in [-0.2, 0) is 0 Å². The van der Waals surface area contributed by atoms with E-state index in [-0.39, 0.29) is 0 Å². The fourth-order valence-electron chi connectivity index (χ4n) is 2.53. The molecule has 22 heavy (non-hydrogen) atoms. The van der Waals surface area contributed by atoms with Gasteiger partial charge >= 0.3 is 0 Å². The smallest absolute Gasteiger partial charge is 0.130 e. The standard InChI is InChI=1S/C19H25N3/c1-6-15(4)22(7-2)18-11-12-19(20-16(18)5)21-17-10-8-9-14(3)13-17/h8-13H,4,6-7H2,1-3,5H3,(H,20,21). The summed E-state index contributed by atoms with van der Waals surface area (Å²) in [5, 5.41) is 3.36. The number of hydrogen-bond donors (Lipinski definition) is 1. The van der Waals surface area contributed by atoms with Crippen molar-refractivity contribution in [1.82, 2.24) is 4.98 Å². The molecule has 0 atom stereocenters. The molecule has 0 saturated carbocycles. The molecular weight excluding hydrogens is 270 g/mol. The molecule has 0 spiro atoms. The maximum absolute atomic E-state index is 4.69. The summed E-state index contributed by atoms with van der Waals surface area (Å²) in [6.07, 6.45) is 0.941. The molecule has 0 radical (unpaired) electrons. The minimum atomic E-state index is 0.866. The van der Waals surface area contributed by atoms with Gasteiger partial charge in [0.2, 0.25) is 0 Å². The fraction of sp³-hybridized carbons (Fsp3) is 0.316. The van der Waals surface area contributed by atoms with Crippen molar-refractivity contribution in [2.45, 2.75) is 34.1 Å². The maximum Gasteiger partial charge on any atom is 0.130 e. The van der Waals surface area contributed by atoms with E-state index in [0.717, 1.165) is 41.5 Å². The largest absolute Gasteiger partial charge is 0.345 e. The van der Waals surface area contributed by atoms with E-state index in [1.54, 1.807) is 0 Å². The van der Waals surface area contributed by atoms with Crippen LogP contribution in [0.5, 0.6) is 0 Å². The Hall–Kier alpha value is -2.29. The quantitative estimate of drug-likeness (QED) is 0.794. The first-order valence-electron chi connectivity index (χ1n) is 7.81. The molecule has 3 heteroatoms. The normalized spacial score (nSPS) is 10.4. The number of anilines is 3. The molecule has 2 aromatic rings. The van der Waals surface area contributed by atoms with Crippen molar-refractivity contribution >= 4 is 17.2 Å². The number of benzene rings is 1. The van der Waals surface area contributed by atoms with Gasteiger partial charge in [-0.3, -0.25) is 0 Å². The predicted octanol–water partition coefficient (Wildman–Crippen LogP) is 5.19. The van der Waals surface area contributed by atoms with Crippen molar-refractivity contribution in [2.24, 2.45) is 0 Å². The van der Waals surface area contributed by atoms with Crippen LogP contribution >= 0.6 is 0 Å². The first-order valence-corrected chi connectivity index (χ1v) is 7.81. The topological polar surface area (TPSA) is 28.2 Å². The molecule has 0 unspecified atom stereocenters. The molecule has 0 fully saturated rings. The second-order valence-electron chi connectivity index (χ2n) is 5.46. The summed E-state index contributed by atoms with van der Waals surface area (Å²) in [5.74, 6) is 0.866. The zero-order valence-corrected chi connectivity index (χ0v) is 14.0. The summed E-state index contributed by atoms with van der Waals surface area (Å²) < 4.78 is 0. The Morgan fingerprint density at radius 2 is 1.95 bits per heavy atom. The lowest BCUT2D eigenvalue weighted by molar-refractivity contribution is 0.889. The fourth-order valence-corrected chi connectivity index (χ4v) is 2.53. The van der Waals surface area contributed by atoms with Gasteiger partial charge in [0.05, 0.1) is 11.4 Å². The van der Waals surface area contributed by atoms with Crippen molar-refractivity contribution in [3.63, 3.8) is 0 Å². The molecule has 1 aromatic carbocycles. The SMILES string of the molecule is C=C(CC)N(CC)c1ccc(Nc2cccc(C)c2)nc1C. The first-order chi connectivity index (χ1) is 10.5. The molecule has 1 N–H and O–H groups in total. The van der Waals surface area contributed by atoms with E-state index in [1.165, 1.54) is 5.56 Å². The predicted molar refractivity (Wildman–Crippen MR) is 95.9 cm³/mol. The lowest BCUT2D eigenvalue weighted by Gasteiger charge is -2.26. The molecule has 0 saturated heterocycles. The Bertz CT molecular complexity index is 661. The monoisotopic (exact) mass is 295 g/mol. The van der Waals surface area contributed by atoms with E-state index >= 15 is 0 Å². The molecule has 1 aromatic heterocycles. The average molecular weight is 295 g/mol. The summed E-state index contributed by atoms with van der Waals surface area (Å²) >= 11 is 0. The van der Waals surface area contributed by atoms with Gasteiger partial charge in [0.15, 0.2) is 0 Å². The third kappa shape index (κ3) is 3.67. The number of nitrogens with zero attached hydrogens (tertiary/aromatic N) is 2. The van der Waals surface area contributed by atoms with Crippen LogP contribution in [0.25, 0.3) is 0 Å². The lowest BCUT2D eigenvalue weighted by Crippen LogP contribution is -2.22. The van der Waals surface area contributed by atoms with Crippen LogP contribution in [0, 0.1) is 13.8 Å². The highest BCUT2D eigenvalue weighted by Gasteiger charge is 2.11. The van der Waals surface area contributed by atoms with Gasteiger partial charge in [0, 0.05) is 17.9 Å². The number of aryl methyl sites for hydroxylation is 2. The molecule has 0 aliphatic heterocycles. The number of hydrogen-bond acceptors (Lipinski definition) is 3.